The van der Waals surface area contributed by atoms with Crippen LogP contribution in [0.25, 0.3) is 0 Å². The van der Waals surface area contributed by atoms with Crippen LogP contribution in [0.4, 0.5) is 0 Å². The monoisotopic (exact) mass is 447 g/mol. The summed E-state index contributed by atoms with van der Waals surface area (Å²) in [6, 6.07) is 11.6. The van der Waals surface area contributed by atoms with Gasteiger partial charge in [0, 0.05) is 25.0 Å². The van der Waals surface area contributed by atoms with Gasteiger partial charge >= 0.3 is 0 Å². The number of rotatable bonds is 7. The van der Waals surface area contributed by atoms with Gasteiger partial charge in [0.25, 0.3) is 5.91 Å². The molecule has 1 saturated carbocycles. The molecule has 1 atom stereocenters. The van der Waals surface area contributed by atoms with Crippen molar-refractivity contribution in [2.24, 2.45) is 0 Å². The molecule has 0 spiro atoms. The molecular weight excluding hydrogens is 422 g/mol. The summed E-state index contributed by atoms with van der Waals surface area (Å²) < 4.78 is 16.3. The van der Waals surface area contributed by atoms with Crippen molar-refractivity contribution in [3.8, 4) is 11.5 Å². The zero-order valence-electron chi connectivity index (χ0n) is 18.1. The smallest absolute Gasteiger partial charge is 0.290 e. The number of aromatic nitrogens is 1. The summed E-state index contributed by atoms with van der Waals surface area (Å²) >= 11 is 0. The fraction of sp³-hybridized carbons (Fsp3) is 0.320. The molecular formula is C25H25N3O5. The molecule has 3 aromatic rings. The average Bonchev–Trinajstić information content (AvgIpc) is 3.61. The zero-order chi connectivity index (χ0) is 22.6. The maximum atomic E-state index is 13.6. The van der Waals surface area contributed by atoms with Crippen LogP contribution < -0.4 is 14.8 Å². The van der Waals surface area contributed by atoms with E-state index in [0.717, 1.165) is 31.2 Å². The Kier molecular flexibility index (Phi) is 5.97. The summed E-state index contributed by atoms with van der Waals surface area (Å²) in [4.78, 5) is 32.8. The SMILES string of the molecule is O=C(NC1CCCC1)C(c1ccncc1)N(Cc1ccc2c(c1)OCO2)C(=O)c1ccco1. The van der Waals surface area contributed by atoms with Crippen LogP contribution in [-0.2, 0) is 11.3 Å². The fourth-order valence-electron chi connectivity index (χ4n) is 4.43. The Hall–Kier alpha value is -3.81. The molecule has 1 fully saturated rings. The lowest BCUT2D eigenvalue weighted by Crippen LogP contribution is -2.45. The van der Waals surface area contributed by atoms with Gasteiger partial charge in [-0.1, -0.05) is 18.9 Å². The number of nitrogens with one attached hydrogen (secondary N) is 1. The molecule has 0 saturated heterocycles. The number of hydrogen-bond donors (Lipinski definition) is 1. The molecule has 1 N–H and O–H groups in total. The Labute approximate surface area is 191 Å². The maximum absolute atomic E-state index is 13.6. The van der Waals surface area contributed by atoms with Gasteiger partial charge in [-0.15, -0.1) is 0 Å². The fourth-order valence-corrected chi connectivity index (χ4v) is 4.43. The molecule has 8 heteroatoms. The predicted molar refractivity (Wildman–Crippen MR) is 119 cm³/mol. The third-order valence-corrected chi connectivity index (χ3v) is 6.07. The van der Waals surface area contributed by atoms with E-state index in [1.165, 1.54) is 11.2 Å². The summed E-state index contributed by atoms with van der Waals surface area (Å²) in [5, 5.41) is 3.16. The van der Waals surface area contributed by atoms with Gasteiger partial charge in [-0.05, 0) is 60.4 Å². The highest BCUT2D eigenvalue weighted by molar-refractivity contribution is 5.96. The first kappa shape index (κ1) is 21.1. The highest BCUT2D eigenvalue weighted by atomic mass is 16.7. The molecule has 1 aromatic carbocycles. The lowest BCUT2D eigenvalue weighted by molar-refractivity contribution is -0.126. The zero-order valence-corrected chi connectivity index (χ0v) is 18.1. The number of ether oxygens (including phenoxy) is 2. The van der Waals surface area contributed by atoms with Crippen molar-refractivity contribution >= 4 is 11.8 Å². The quantitative estimate of drug-likeness (QED) is 0.591. The summed E-state index contributed by atoms with van der Waals surface area (Å²) in [6.45, 7) is 0.346. The molecule has 3 heterocycles. The van der Waals surface area contributed by atoms with Crippen LogP contribution >= 0.6 is 0 Å². The van der Waals surface area contributed by atoms with Crippen molar-refractivity contribution in [2.75, 3.05) is 6.79 Å². The van der Waals surface area contributed by atoms with E-state index in [-0.39, 0.29) is 37.0 Å². The van der Waals surface area contributed by atoms with Crippen molar-refractivity contribution in [1.29, 1.82) is 0 Å². The average molecular weight is 447 g/mol. The van der Waals surface area contributed by atoms with Gasteiger partial charge in [0.05, 0.1) is 6.26 Å². The third-order valence-electron chi connectivity index (χ3n) is 6.07. The summed E-state index contributed by atoms with van der Waals surface area (Å²) in [5.74, 6) is 0.861. The topological polar surface area (TPSA) is 93.9 Å². The van der Waals surface area contributed by atoms with Crippen molar-refractivity contribution in [2.45, 2.75) is 44.3 Å². The molecule has 1 unspecified atom stereocenters. The second kappa shape index (κ2) is 9.36. The van der Waals surface area contributed by atoms with Crippen LogP contribution in [-0.4, -0.2) is 34.5 Å². The standard InChI is InChI=1S/C25H25N3O5/c29-24(27-19-4-1-2-5-19)23(18-9-11-26-12-10-18)28(25(30)21-6-3-13-31-21)15-17-7-8-20-22(14-17)33-16-32-20/h3,6-14,19,23H,1-2,4-5,15-16H2,(H,27,29). The minimum absolute atomic E-state index is 0.118. The molecule has 0 bridgehead atoms. The van der Waals surface area contributed by atoms with E-state index in [4.69, 9.17) is 13.9 Å². The van der Waals surface area contributed by atoms with Crippen molar-refractivity contribution in [3.63, 3.8) is 0 Å². The first-order valence-corrected chi connectivity index (χ1v) is 11.1. The molecule has 0 radical (unpaired) electrons. The van der Waals surface area contributed by atoms with Gasteiger partial charge < -0.3 is 24.1 Å². The van der Waals surface area contributed by atoms with Crippen LogP contribution in [0.2, 0.25) is 0 Å². The first-order chi connectivity index (χ1) is 16.2. The number of fused-ring (bicyclic) bond motifs is 1. The molecule has 8 nitrogen and oxygen atoms in total. The van der Waals surface area contributed by atoms with E-state index in [9.17, 15) is 9.59 Å². The molecule has 1 aliphatic carbocycles. The lowest BCUT2D eigenvalue weighted by Gasteiger charge is -2.31. The van der Waals surface area contributed by atoms with Gasteiger partial charge in [0.2, 0.25) is 12.7 Å². The molecule has 2 aromatic heterocycles. The van der Waals surface area contributed by atoms with Gasteiger partial charge in [0.1, 0.15) is 6.04 Å². The second-order valence-corrected chi connectivity index (χ2v) is 8.27. The Bertz CT molecular complexity index is 1110. The minimum Gasteiger partial charge on any atom is -0.459 e. The summed E-state index contributed by atoms with van der Waals surface area (Å²) in [6.07, 6.45) is 8.79. The number of benzene rings is 1. The highest BCUT2D eigenvalue weighted by Gasteiger charge is 2.35. The predicted octanol–water partition coefficient (Wildman–Crippen LogP) is 3.85. The normalized spacial score (nSPS) is 15.9. The Morgan fingerprint density at radius 3 is 2.61 bits per heavy atom. The molecule has 5 rings (SSSR count). The van der Waals surface area contributed by atoms with E-state index in [0.29, 0.717) is 17.1 Å². The van der Waals surface area contributed by atoms with Crippen LogP contribution in [0, 0.1) is 0 Å². The number of amides is 2. The number of hydrogen-bond acceptors (Lipinski definition) is 6. The van der Waals surface area contributed by atoms with Crippen molar-refractivity contribution in [1.82, 2.24) is 15.2 Å². The number of carbonyl (C=O) groups excluding carboxylic acids is 2. The largest absolute Gasteiger partial charge is 0.459 e. The number of nitrogens with zero attached hydrogens (tertiary/aromatic N) is 2. The van der Waals surface area contributed by atoms with Gasteiger partial charge in [0.15, 0.2) is 17.3 Å². The Balaban J connectivity index is 1.51. The molecule has 33 heavy (non-hydrogen) atoms. The summed E-state index contributed by atoms with van der Waals surface area (Å²) in [7, 11) is 0. The maximum Gasteiger partial charge on any atom is 0.290 e. The highest BCUT2D eigenvalue weighted by Crippen LogP contribution is 2.34. The number of pyridine rings is 1. The second-order valence-electron chi connectivity index (χ2n) is 8.27. The van der Waals surface area contributed by atoms with Crippen LogP contribution in [0.3, 0.4) is 0 Å². The van der Waals surface area contributed by atoms with Crippen molar-refractivity contribution < 1.29 is 23.5 Å². The van der Waals surface area contributed by atoms with E-state index in [1.807, 2.05) is 18.2 Å². The summed E-state index contributed by atoms with van der Waals surface area (Å²) in [5.41, 5.74) is 1.49. The lowest BCUT2D eigenvalue weighted by atomic mass is 10.0. The number of furan rings is 1. The van der Waals surface area contributed by atoms with Gasteiger partial charge in [-0.2, -0.15) is 0 Å². The van der Waals surface area contributed by atoms with E-state index in [1.54, 1.807) is 36.7 Å². The van der Waals surface area contributed by atoms with E-state index in [2.05, 4.69) is 10.3 Å². The first-order valence-electron chi connectivity index (χ1n) is 11.1. The van der Waals surface area contributed by atoms with Crippen molar-refractivity contribution in [3.05, 3.63) is 78.0 Å². The number of carbonyl (C=O) groups is 2. The van der Waals surface area contributed by atoms with E-state index < -0.39 is 6.04 Å². The molecule has 1 aliphatic heterocycles. The van der Waals surface area contributed by atoms with Crippen LogP contribution in [0.5, 0.6) is 11.5 Å². The molecule has 2 amide bonds. The van der Waals surface area contributed by atoms with Gasteiger partial charge in [-0.3, -0.25) is 14.6 Å². The van der Waals surface area contributed by atoms with Crippen LogP contribution in [0.1, 0.15) is 53.4 Å². The Morgan fingerprint density at radius 1 is 1.06 bits per heavy atom. The molecule has 2 aliphatic rings. The minimum atomic E-state index is -0.850. The van der Waals surface area contributed by atoms with Crippen LogP contribution in [0.15, 0.2) is 65.5 Å². The Morgan fingerprint density at radius 2 is 1.85 bits per heavy atom. The van der Waals surface area contributed by atoms with Gasteiger partial charge in [-0.25, -0.2) is 0 Å². The third kappa shape index (κ3) is 4.55. The molecule has 170 valence electrons. The van der Waals surface area contributed by atoms with E-state index >= 15 is 0 Å².